The third kappa shape index (κ3) is 2.41. The Balaban J connectivity index is 1.52. The monoisotopic (exact) mass is 312 g/mol. The largest absolute Gasteiger partial charge is 0.472 e. The molecule has 4 heterocycles. The van der Waals surface area contributed by atoms with Crippen LogP contribution >= 0.6 is 0 Å². The Morgan fingerprint density at radius 3 is 2.78 bits per heavy atom. The summed E-state index contributed by atoms with van der Waals surface area (Å²) >= 11 is 0. The number of hydrogen-bond donors (Lipinski definition) is 0. The number of aromatic nitrogens is 4. The third-order valence-corrected chi connectivity index (χ3v) is 3.99. The molecule has 0 unspecified atom stereocenters. The van der Waals surface area contributed by atoms with E-state index in [4.69, 9.17) is 4.42 Å². The Morgan fingerprint density at radius 2 is 2.04 bits per heavy atom. The first kappa shape index (κ1) is 13.7. The highest BCUT2D eigenvalue weighted by Gasteiger charge is 2.24. The number of rotatable bonds is 2. The Labute approximate surface area is 132 Å². The second kappa shape index (κ2) is 5.38. The van der Waals surface area contributed by atoms with E-state index < -0.39 is 0 Å². The molecule has 1 amide bonds. The van der Waals surface area contributed by atoms with Crippen LogP contribution in [0.15, 0.2) is 35.4 Å². The first-order valence-corrected chi connectivity index (χ1v) is 7.46. The lowest BCUT2D eigenvalue weighted by atomic mass is 10.2. The van der Waals surface area contributed by atoms with Crippen molar-refractivity contribution in [3.63, 3.8) is 0 Å². The van der Waals surface area contributed by atoms with Gasteiger partial charge in [0.1, 0.15) is 12.1 Å². The molecule has 0 N–H and O–H groups in total. The normalized spacial score (nSPS) is 15.3. The molecule has 1 aliphatic rings. The van der Waals surface area contributed by atoms with Gasteiger partial charge in [0.25, 0.3) is 5.91 Å². The van der Waals surface area contributed by atoms with Crippen molar-refractivity contribution in [2.24, 2.45) is 0 Å². The lowest BCUT2D eigenvalue weighted by Gasteiger charge is -2.35. The minimum atomic E-state index is 0.00586. The van der Waals surface area contributed by atoms with Gasteiger partial charge in [0.05, 0.1) is 24.2 Å². The van der Waals surface area contributed by atoms with Crippen molar-refractivity contribution >= 4 is 17.4 Å². The molecule has 1 aliphatic heterocycles. The Hall–Kier alpha value is -2.90. The zero-order valence-electron chi connectivity index (χ0n) is 12.7. The van der Waals surface area contributed by atoms with Gasteiger partial charge >= 0.3 is 0 Å². The Kier molecular flexibility index (Phi) is 3.22. The molecular weight excluding hydrogens is 296 g/mol. The number of amides is 1. The van der Waals surface area contributed by atoms with Crippen molar-refractivity contribution in [3.05, 3.63) is 42.4 Å². The summed E-state index contributed by atoms with van der Waals surface area (Å²) in [6.45, 7) is 4.60. The quantitative estimate of drug-likeness (QED) is 0.702. The highest BCUT2D eigenvalue weighted by atomic mass is 16.3. The summed E-state index contributed by atoms with van der Waals surface area (Å²) in [5.41, 5.74) is 1.33. The van der Waals surface area contributed by atoms with Gasteiger partial charge in [-0.2, -0.15) is 4.52 Å². The number of anilines is 1. The van der Waals surface area contributed by atoms with Crippen LogP contribution in [0.4, 0.5) is 5.82 Å². The average Bonchev–Trinajstić information content (AvgIpc) is 3.22. The number of hydrogen-bond acceptors (Lipinski definition) is 6. The van der Waals surface area contributed by atoms with Gasteiger partial charge in [0, 0.05) is 26.2 Å². The predicted octanol–water partition coefficient (Wildman–Crippen LogP) is 0.988. The zero-order chi connectivity index (χ0) is 15.8. The minimum absolute atomic E-state index is 0.00586. The van der Waals surface area contributed by atoms with Crippen molar-refractivity contribution in [1.82, 2.24) is 24.5 Å². The number of aryl methyl sites for hydroxylation is 1. The van der Waals surface area contributed by atoms with Gasteiger partial charge < -0.3 is 14.2 Å². The number of carbonyl (C=O) groups excluding carboxylic acids is 1. The topological polar surface area (TPSA) is 79.8 Å². The molecule has 8 heteroatoms. The Bertz CT molecular complexity index is 833. The summed E-state index contributed by atoms with van der Waals surface area (Å²) < 4.78 is 6.78. The van der Waals surface area contributed by atoms with Crippen LogP contribution in [-0.2, 0) is 0 Å². The van der Waals surface area contributed by atoms with E-state index in [1.165, 1.54) is 12.5 Å². The average molecular weight is 312 g/mol. The van der Waals surface area contributed by atoms with E-state index in [1.807, 2.05) is 11.8 Å². The number of piperazine rings is 1. The standard InChI is InChI=1S/C15H16N6O2/c1-11-17-13-8-16-9-14(21(13)18-11)19-3-5-20(6-4-19)15(22)12-2-7-23-10-12/h2,7-10H,3-6H2,1H3. The molecule has 8 nitrogen and oxygen atoms in total. The lowest BCUT2D eigenvalue weighted by Crippen LogP contribution is -2.49. The van der Waals surface area contributed by atoms with Crippen LogP contribution in [0, 0.1) is 6.92 Å². The molecule has 0 spiro atoms. The summed E-state index contributed by atoms with van der Waals surface area (Å²) in [5, 5.41) is 4.41. The number of carbonyl (C=O) groups is 1. The van der Waals surface area contributed by atoms with E-state index in [0.717, 1.165) is 24.6 Å². The maximum atomic E-state index is 12.3. The van der Waals surface area contributed by atoms with E-state index in [2.05, 4.69) is 20.0 Å². The second-order valence-electron chi connectivity index (χ2n) is 5.49. The molecule has 23 heavy (non-hydrogen) atoms. The molecule has 3 aromatic rings. The van der Waals surface area contributed by atoms with Gasteiger partial charge in [-0.05, 0) is 13.0 Å². The van der Waals surface area contributed by atoms with Crippen molar-refractivity contribution in [1.29, 1.82) is 0 Å². The third-order valence-electron chi connectivity index (χ3n) is 3.99. The fourth-order valence-electron chi connectivity index (χ4n) is 2.83. The second-order valence-corrected chi connectivity index (χ2v) is 5.49. The first-order chi connectivity index (χ1) is 11.2. The molecule has 3 aromatic heterocycles. The van der Waals surface area contributed by atoms with Crippen molar-refractivity contribution < 1.29 is 9.21 Å². The fraction of sp³-hybridized carbons (Fsp3) is 0.333. The van der Waals surface area contributed by atoms with Crippen LogP contribution in [0.25, 0.3) is 5.65 Å². The molecule has 0 bridgehead atoms. The summed E-state index contributed by atoms with van der Waals surface area (Å²) in [6.07, 6.45) is 6.48. The van der Waals surface area contributed by atoms with Crippen LogP contribution in [0.3, 0.4) is 0 Å². The van der Waals surface area contributed by atoms with Gasteiger partial charge in [0.15, 0.2) is 11.5 Å². The summed E-state index contributed by atoms with van der Waals surface area (Å²) in [5.74, 6) is 1.62. The van der Waals surface area contributed by atoms with Gasteiger partial charge in [-0.3, -0.25) is 9.78 Å². The molecule has 1 saturated heterocycles. The van der Waals surface area contributed by atoms with Crippen LogP contribution < -0.4 is 4.90 Å². The van der Waals surface area contributed by atoms with Gasteiger partial charge in [-0.25, -0.2) is 4.98 Å². The van der Waals surface area contributed by atoms with Crippen LogP contribution in [0.1, 0.15) is 16.2 Å². The van der Waals surface area contributed by atoms with Crippen molar-refractivity contribution in [2.45, 2.75) is 6.92 Å². The SMILES string of the molecule is Cc1nc2cncc(N3CCN(C(=O)c4ccoc4)CC3)n2n1. The van der Waals surface area contributed by atoms with E-state index in [-0.39, 0.29) is 5.91 Å². The fourth-order valence-corrected chi connectivity index (χ4v) is 2.83. The number of nitrogens with zero attached hydrogens (tertiary/aromatic N) is 6. The van der Waals surface area contributed by atoms with E-state index >= 15 is 0 Å². The molecule has 118 valence electrons. The summed E-state index contributed by atoms with van der Waals surface area (Å²) in [6, 6.07) is 1.69. The molecule has 0 aromatic carbocycles. The first-order valence-electron chi connectivity index (χ1n) is 7.46. The van der Waals surface area contributed by atoms with E-state index in [1.54, 1.807) is 23.0 Å². The van der Waals surface area contributed by atoms with Gasteiger partial charge in [0.2, 0.25) is 0 Å². The Morgan fingerprint density at radius 1 is 1.22 bits per heavy atom. The van der Waals surface area contributed by atoms with Crippen LogP contribution in [0.5, 0.6) is 0 Å². The minimum Gasteiger partial charge on any atom is -0.472 e. The van der Waals surface area contributed by atoms with Crippen LogP contribution in [-0.4, -0.2) is 56.6 Å². The maximum Gasteiger partial charge on any atom is 0.257 e. The molecule has 4 rings (SSSR count). The summed E-state index contributed by atoms with van der Waals surface area (Å²) in [4.78, 5) is 24.9. The van der Waals surface area contributed by atoms with Gasteiger partial charge in [-0.15, -0.1) is 5.10 Å². The van der Waals surface area contributed by atoms with Crippen molar-refractivity contribution in [2.75, 3.05) is 31.1 Å². The van der Waals surface area contributed by atoms with E-state index in [9.17, 15) is 4.79 Å². The number of furan rings is 1. The molecular formula is C15H16N6O2. The van der Waals surface area contributed by atoms with Crippen molar-refractivity contribution in [3.8, 4) is 0 Å². The molecule has 1 fully saturated rings. The molecule has 0 aliphatic carbocycles. The lowest BCUT2D eigenvalue weighted by molar-refractivity contribution is 0.0745. The summed E-state index contributed by atoms with van der Waals surface area (Å²) in [7, 11) is 0. The van der Waals surface area contributed by atoms with E-state index in [0.29, 0.717) is 24.5 Å². The maximum absolute atomic E-state index is 12.3. The van der Waals surface area contributed by atoms with Crippen LogP contribution in [0.2, 0.25) is 0 Å². The number of fused-ring (bicyclic) bond motifs is 1. The molecule has 0 radical (unpaired) electrons. The highest BCUT2D eigenvalue weighted by molar-refractivity contribution is 5.94. The highest BCUT2D eigenvalue weighted by Crippen LogP contribution is 2.17. The molecule has 0 saturated carbocycles. The smallest absolute Gasteiger partial charge is 0.257 e. The predicted molar refractivity (Wildman–Crippen MR) is 82.3 cm³/mol. The molecule has 0 atom stereocenters. The van der Waals surface area contributed by atoms with Gasteiger partial charge in [-0.1, -0.05) is 0 Å². The zero-order valence-corrected chi connectivity index (χ0v) is 12.7.